The highest BCUT2D eigenvalue weighted by Crippen LogP contribution is 2.21. The van der Waals surface area contributed by atoms with Crippen molar-refractivity contribution in [3.63, 3.8) is 0 Å². The first-order valence-corrected chi connectivity index (χ1v) is 5.52. The van der Waals surface area contributed by atoms with Gasteiger partial charge in [0.1, 0.15) is 0 Å². The zero-order chi connectivity index (χ0) is 11.4. The van der Waals surface area contributed by atoms with Crippen LogP contribution in [0.5, 0.6) is 0 Å². The van der Waals surface area contributed by atoms with Gasteiger partial charge < -0.3 is 10.4 Å². The monoisotopic (exact) mass is 207 g/mol. The van der Waals surface area contributed by atoms with Crippen molar-refractivity contribution in [2.24, 2.45) is 0 Å². The molecule has 1 aromatic carbocycles. The van der Waals surface area contributed by atoms with Gasteiger partial charge in [0.25, 0.3) is 0 Å². The van der Waals surface area contributed by atoms with E-state index in [1.54, 1.807) is 0 Å². The molecule has 0 aliphatic heterocycles. The number of benzene rings is 1. The quantitative estimate of drug-likeness (QED) is 0.794. The van der Waals surface area contributed by atoms with Crippen molar-refractivity contribution in [1.82, 2.24) is 5.32 Å². The average molecular weight is 207 g/mol. The van der Waals surface area contributed by atoms with Crippen molar-refractivity contribution < 1.29 is 5.11 Å². The Morgan fingerprint density at radius 2 is 1.93 bits per heavy atom. The van der Waals surface area contributed by atoms with Gasteiger partial charge in [0.05, 0.1) is 6.10 Å². The first-order valence-electron chi connectivity index (χ1n) is 5.52. The summed E-state index contributed by atoms with van der Waals surface area (Å²) >= 11 is 0. The van der Waals surface area contributed by atoms with Crippen molar-refractivity contribution in [2.45, 2.75) is 39.3 Å². The van der Waals surface area contributed by atoms with E-state index in [1.165, 1.54) is 11.1 Å². The van der Waals surface area contributed by atoms with E-state index in [0.717, 1.165) is 12.0 Å². The van der Waals surface area contributed by atoms with Crippen LogP contribution < -0.4 is 5.32 Å². The first-order chi connectivity index (χ1) is 7.10. The maximum atomic E-state index is 10.1. The highest BCUT2D eigenvalue weighted by atomic mass is 16.3. The zero-order valence-corrected chi connectivity index (χ0v) is 10.0. The number of hydrogen-bond donors (Lipinski definition) is 2. The summed E-state index contributed by atoms with van der Waals surface area (Å²) in [5.41, 5.74) is 3.50. The highest BCUT2D eigenvalue weighted by Gasteiger charge is 2.17. The molecule has 0 radical (unpaired) electrons. The fraction of sp³-hybridized carbons (Fsp3) is 0.538. The molecule has 0 aliphatic rings. The second-order valence-corrected chi connectivity index (χ2v) is 4.09. The smallest absolute Gasteiger partial charge is 0.0942 e. The second-order valence-electron chi connectivity index (χ2n) is 4.09. The summed E-state index contributed by atoms with van der Waals surface area (Å²) in [4.78, 5) is 0. The third kappa shape index (κ3) is 2.80. The number of likely N-dealkylation sites (N-methyl/N-ethyl adjacent to an activating group) is 1. The first kappa shape index (κ1) is 12.2. The maximum Gasteiger partial charge on any atom is 0.0942 e. The SMILES string of the molecule is CCC(NC)C(O)c1ccc(C)c(C)c1. The minimum Gasteiger partial charge on any atom is -0.387 e. The summed E-state index contributed by atoms with van der Waals surface area (Å²) in [7, 11) is 1.89. The standard InChI is InChI=1S/C13H21NO/c1-5-12(14-4)13(15)11-7-6-9(2)10(3)8-11/h6-8,12-15H,5H2,1-4H3. The number of rotatable bonds is 4. The molecular weight excluding hydrogens is 186 g/mol. The molecule has 0 amide bonds. The molecule has 84 valence electrons. The molecule has 0 heterocycles. The normalized spacial score (nSPS) is 15.0. The van der Waals surface area contributed by atoms with Gasteiger partial charge in [-0.15, -0.1) is 0 Å². The Kier molecular flexibility index (Phi) is 4.30. The van der Waals surface area contributed by atoms with Crippen LogP contribution in [0.2, 0.25) is 0 Å². The Balaban J connectivity index is 2.90. The molecular formula is C13H21NO. The van der Waals surface area contributed by atoms with Crippen molar-refractivity contribution in [1.29, 1.82) is 0 Å². The van der Waals surface area contributed by atoms with Crippen LogP contribution in [0.1, 0.15) is 36.1 Å². The lowest BCUT2D eigenvalue weighted by Gasteiger charge is -2.22. The van der Waals surface area contributed by atoms with E-state index in [4.69, 9.17) is 0 Å². The second kappa shape index (κ2) is 5.29. The molecule has 2 N–H and O–H groups in total. The number of aryl methyl sites for hydroxylation is 2. The molecule has 2 nitrogen and oxygen atoms in total. The van der Waals surface area contributed by atoms with Gasteiger partial charge in [-0.3, -0.25) is 0 Å². The van der Waals surface area contributed by atoms with Crippen LogP contribution in [-0.4, -0.2) is 18.2 Å². The van der Waals surface area contributed by atoms with Crippen molar-refractivity contribution in [3.8, 4) is 0 Å². The summed E-state index contributed by atoms with van der Waals surface area (Å²) in [5, 5.41) is 13.3. The minimum atomic E-state index is -0.417. The third-order valence-corrected chi connectivity index (χ3v) is 3.06. The van der Waals surface area contributed by atoms with Crippen LogP contribution in [0, 0.1) is 13.8 Å². The summed E-state index contributed by atoms with van der Waals surface area (Å²) in [6, 6.07) is 6.27. The third-order valence-electron chi connectivity index (χ3n) is 3.06. The van der Waals surface area contributed by atoms with Crippen LogP contribution in [-0.2, 0) is 0 Å². The topological polar surface area (TPSA) is 32.3 Å². The van der Waals surface area contributed by atoms with Crippen LogP contribution in [0.25, 0.3) is 0 Å². The van der Waals surface area contributed by atoms with Crippen molar-refractivity contribution in [2.75, 3.05) is 7.05 Å². The van der Waals surface area contributed by atoms with Crippen LogP contribution in [0.15, 0.2) is 18.2 Å². The predicted octanol–water partition coefficient (Wildman–Crippen LogP) is 2.33. The van der Waals surface area contributed by atoms with Crippen LogP contribution in [0.4, 0.5) is 0 Å². The molecule has 1 rings (SSSR count). The molecule has 0 spiro atoms. The van der Waals surface area contributed by atoms with E-state index in [0.29, 0.717) is 0 Å². The summed E-state index contributed by atoms with van der Waals surface area (Å²) in [6.45, 7) is 6.23. The molecule has 15 heavy (non-hydrogen) atoms. The molecule has 0 aromatic heterocycles. The van der Waals surface area contributed by atoms with Crippen LogP contribution >= 0.6 is 0 Å². The van der Waals surface area contributed by atoms with E-state index < -0.39 is 6.10 Å². The van der Waals surface area contributed by atoms with E-state index in [9.17, 15) is 5.11 Å². The van der Waals surface area contributed by atoms with Gasteiger partial charge in [-0.25, -0.2) is 0 Å². The van der Waals surface area contributed by atoms with Gasteiger partial charge in [0.2, 0.25) is 0 Å². The average Bonchev–Trinajstić information content (AvgIpc) is 2.23. The number of aliphatic hydroxyl groups excluding tert-OH is 1. The fourth-order valence-electron chi connectivity index (χ4n) is 1.77. The molecule has 2 unspecified atom stereocenters. The number of hydrogen-bond acceptors (Lipinski definition) is 2. The Hall–Kier alpha value is -0.860. The molecule has 2 heteroatoms. The van der Waals surface area contributed by atoms with Gasteiger partial charge in [-0.2, -0.15) is 0 Å². The molecule has 1 aromatic rings. The van der Waals surface area contributed by atoms with Gasteiger partial charge in [-0.05, 0) is 44.0 Å². The largest absolute Gasteiger partial charge is 0.387 e. The number of nitrogens with one attached hydrogen (secondary N) is 1. The van der Waals surface area contributed by atoms with Gasteiger partial charge in [0, 0.05) is 6.04 Å². The van der Waals surface area contributed by atoms with Gasteiger partial charge in [-0.1, -0.05) is 25.1 Å². The fourth-order valence-corrected chi connectivity index (χ4v) is 1.77. The highest BCUT2D eigenvalue weighted by molar-refractivity contribution is 5.31. The van der Waals surface area contributed by atoms with E-state index in [1.807, 2.05) is 13.1 Å². The molecule has 0 saturated heterocycles. The lowest BCUT2D eigenvalue weighted by atomic mass is 9.97. The van der Waals surface area contributed by atoms with Crippen LogP contribution in [0.3, 0.4) is 0 Å². The van der Waals surface area contributed by atoms with Crippen molar-refractivity contribution in [3.05, 3.63) is 34.9 Å². The van der Waals surface area contributed by atoms with Crippen molar-refractivity contribution >= 4 is 0 Å². The molecule has 0 saturated carbocycles. The predicted molar refractivity (Wildman–Crippen MR) is 64.0 cm³/mol. The summed E-state index contributed by atoms with van der Waals surface area (Å²) in [5.74, 6) is 0. The Morgan fingerprint density at radius 3 is 2.40 bits per heavy atom. The molecule has 0 fully saturated rings. The molecule has 2 atom stereocenters. The van der Waals surface area contributed by atoms with Gasteiger partial charge >= 0.3 is 0 Å². The minimum absolute atomic E-state index is 0.132. The summed E-state index contributed by atoms with van der Waals surface area (Å²) < 4.78 is 0. The lowest BCUT2D eigenvalue weighted by molar-refractivity contribution is 0.130. The van der Waals surface area contributed by atoms with E-state index in [-0.39, 0.29) is 6.04 Å². The van der Waals surface area contributed by atoms with E-state index >= 15 is 0 Å². The molecule has 0 bridgehead atoms. The lowest BCUT2D eigenvalue weighted by Crippen LogP contribution is -2.31. The Labute approximate surface area is 92.3 Å². The Morgan fingerprint density at radius 1 is 1.27 bits per heavy atom. The Bertz CT molecular complexity index is 318. The van der Waals surface area contributed by atoms with E-state index in [2.05, 4.69) is 38.2 Å². The maximum absolute atomic E-state index is 10.1. The number of aliphatic hydroxyl groups is 1. The van der Waals surface area contributed by atoms with Gasteiger partial charge in [0.15, 0.2) is 0 Å². The summed E-state index contributed by atoms with van der Waals surface area (Å²) in [6.07, 6.45) is 0.504. The zero-order valence-electron chi connectivity index (χ0n) is 10.0. The molecule has 0 aliphatic carbocycles.